The second kappa shape index (κ2) is 13.9. The van der Waals surface area contributed by atoms with Gasteiger partial charge in [0.15, 0.2) is 5.69 Å². The lowest BCUT2D eigenvalue weighted by Crippen LogP contribution is -2.29. The van der Waals surface area contributed by atoms with Crippen molar-refractivity contribution in [2.75, 3.05) is 25.1 Å². The first-order chi connectivity index (χ1) is 17.5. The van der Waals surface area contributed by atoms with Gasteiger partial charge in [0.25, 0.3) is 0 Å². The van der Waals surface area contributed by atoms with E-state index in [1.165, 1.54) is 0 Å². The van der Waals surface area contributed by atoms with Gasteiger partial charge in [-0.25, -0.2) is 14.6 Å². The van der Waals surface area contributed by atoms with Crippen molar-refractivity contribution < 1.29 is 19.1 Å². The monoisotopic (exact) mass is 492 g/mol. The molecule has 8 heteroatoms. The molecule has 0 bridgehead atoms. The molecule has 0 fully saturated rings. The van der Waals surface area contributed by atoms with Crippen molar-refractivity contribution >= 4 is 17.7 Å². The molecule has 0 unspecified atom stereocenters. The highest BCUT2D eigenvalue weighted by Crippen LogP contribution is 2.26. The Morgan fingerprint density at radius 3 is 2.47 bits per heavy atom. The van der Waals surface area contributed by atoms with Crippen LogP contribution in [-0.4, -0.2) is 41.3 Å². The van der Waals surface area contributed by atoms with E-state index in [1.54, 1.807) is 6.92 Å². The highest BCUT2D eigenvalue weighted by molar-refractivity contribution is 5.95. The van der Waals surface area contributed by atoms with Crippen LogP contribution in [0.2, 0.25) is 0 Å². The van der Waals surface area contributed by atoms with E-state index in [1.807, 2.05) is 66.1 Å². The van der Waals surface area contributed by atoms with Crippen molar-refractivity contribution in [3.63, 3.8) is 0 Å². The quantitative estimate of drug-likeness (QED) is 0.232. The van der Waals surface area contributed by atoms with E-state index in [0.717, 1.165) is 30.7 Å². The van der Waals surface area contributed by atoms with Gasteiger partial charge in [0.2, 0.25) is 0 Å². The number of nitrogens with one attached hydrogen (secondary N) is 2. The van der Waals surface area contributed by atoms with Crippen LogP contribution in [0.1, 0.15) is 55.8 Å². The van der Waals surface area contributed by atoms with Gasteiger partial charge in [-0.2, -0.15) is 0 Å². The molecule has 1 heterocycles. The molecular formula is C28H36N4O4. The van der Waals surface area contributed by atoms with E-state index in [4.69, 9.17) is 9.47 Å². The summed E-state index contributed by atoms with van der Waals surface area (Å²) in [5.74, 6) is 0.940. The summed E-state index contributed by atoms with van der Waals surface area (Å²) in [6, 6.07) is 16.7. The molecule has 1 aromatic heterocycles. The van der Waals surface area contributed by atoms with Crippen molar-refractivity contribution in [1.82, 2.24) is 14.9 Å². The second-order valence-electron chi connectivity index (χ2n) is 8.38. The van der Waals surface area contributed by atoms with Crippen molar-refractivity contribution in [2.45, 2.75) is 53.0 Å². The number of para-hydroxylation sites is 2. The molecule has 0 spiro atoms. The largest absolute Gasteiger partial charge is 0.491 e. The number of benzene rings is 2. The van der Waals surface area contributed by atoms with Crippen molar-refractivity contribution in [1.29, 1.82) is 0 Å². The fourth-order valence-electron chi connectivity index (χ4n) is 3.89. The van der Waals surface area contributed by atoms with E-state index < -0.39 is 5.97 Å². The van der Waals surface area contributed by atoms with E-state index in [9.17, 15) is 9.59 Å². The molecule has 0 aliphatic heterocycles. The summed E-state index contributed by atoms with van der Waals surface area (Å²) in [6.45, 7) is 7.66. The fourth-order valence-corrected chi connectivity index (χ4v) is 3.89. The first kappa shape index (κ1) is 26.8. The van der Waals surface area contributed by atoms with Gasteiger partial charge in [0.1, 0.15) is 17.3 Å². The SMILES string of the molecule is CCCCCNC(=O)Nc1ccccc1OCCCn1c(C)nc(-c2ccccc2)c1C(=O)OCC. The number of nitrogens with zero attached hydrogens (tertiary/aromatic N) is 2. The fraction of sp³-hybridized carbons (Fsp3) is 0.393. The topological polar surface area (TPSA) is 94.5 Å². The molecule has 0 aliphatic carbocycles. The molecule has 0 aliphatic rings. The maximum Gasteiger partial charge on any atom is 0.357 e. The number of carbonyl (C=O) groups is 2. The minimum absolute atomic E-state index is 0.247. The Balaban J connectivity index is 1.64. The molecule has 0 atom stereocenters. The predicted octanol–water partition coefficient (Wildman–Crippen LogP) is 5.82. The summed E-state index contributed by atoms with van der Waals surface area (Å²) in [4.78, 5) is 29.7. The molecule has 3 aromatic rings. The van der Waals surface area contributed by atoms with Crippen LogP contribution in [0.5, 0.6) is 5.75 Å². The van der Waals surface area contributed by atoms with Crippen LogP contribution in [0.4, 0.5) is 10.5 Å². The first-order valence-corrected chi connectivity index (χ1v) is 12.6. The maximum atomic E-state index is 12.8. The number of carbonyl (C=O) groups excluding carboxylic acids is 2. The van der Waals surface area contributed by atoms with Gasteiger partial charge in [-0.1, -0.05) is 62.2 Å². The summed E-state index contributed by atoms with van der Waals surface area (Å²) in [7, 11) is 0. The van der Waals surface area contributed by atoms with Crippen LogP contribution in [0.15, 0.2) is 54.6 Å². The minimum Gasteiger partial charge on any atom is -0.491 e. The van der Waals surface area contributed by atoms with E-state index in [2.05, 4.69) is 22.5 Å². The number of amides is 2. The van der Waals surface area contributed by atoms with Crippen molar-refractivity contribution in [3.8, 4) is 17.0 Å². The van der Waals surface area contributed by atoms with E-state index in [-0.39, 0.29) is 12.6 Å². The number of rotatable bonds is 13. The molecule has 0 saturated heterocycles. The third-order valence-electron chi connectivity index (χ3n) is 5.66. The van der Waals surface area contributed by atoms with Gasteiger partial charge in [-0.3, -0.25) is 0 Å². The van der Waals surface area contributed by atoms with Crippen LogP contribution >= 0.6 is 0 Å². The number of esters is 1. The molecular weight excluding hydrogens is 456 g/mol. The minimum atomic E-state index is -0.391. The number of aromatic nitrogens is 2. The predicted molar refractivity (Wildman–Crippen MR) is 141 cm³/mol. The van der Waals surface area contributed by atoms with E-state index in [0.29, 0.717) is 48.9 Å². The summed E-state index contributed by atoms with van der Waals surface area (Å²) in [5.41, 5.74) is 2.55. The number of ether oxygens (including phenoxy) is 2. The van der Waals surface area contributed by atoms with Gasteiger partial charge in [0.05, 0.1) is 18.9 Å². The van der Waals surface area contributed by atoms with Gasteiger partial charge in [-0.15, -0.1) is 0 Å². The maximum absolute atomic E-state index is 12.8. The van der Waals surface area contributed by atoms with Gasteiger partial charge < -0.3 is 24.7 Å². The highest BCUT2D eigenvalue weighted by atomic mass is 16.5. The lowest BCUT2D eigenvalue weighted by molar-refractivity contribution is 0.0514. The number of hydrogen-bond donors (Lipinski definition) is 2. The Hall–Kier alpha value is -3.81. The zero-order valence-corrected chi connectivity index (χ0v) is 21.4. The summed E-state index contributed by atoms with van der Waals surface area (Å²) < 4.78 is 13.2. The molecule has 0 radical (unpaired) electrons. The molecule has 2 aromatic carbocycles. The average Bonchev–Trinajstić information content (AvgIpc) is 3.22. The molecule has 8 nitrogen and oxygen atoms in total. The summed E-state index contributed by atoms with van der Waals surface area (Å²) >= 11 is 0. The third-order valence-corrected chi connectivity index (χ3v) is 5.66. The Bertz CT molecular complexity index is 1130. The molecule has 2 amide bonds. The molecule has 36 heavy (non-hydrogen) atoms. The average molecular weight is 493 g/mol. The van der Waals surface area contributed by atoms with Gasteiger partial charge in [0, 0.05) is 18.7 Å². The zero-order valence-electron chi connectivity index (χ0n) is 21.4. The third kappa shape index (κ3) is 7.34. The second-order valence-corrected chi connectivity index (χ2v) is 8.38. The normalized spacial score (nSPS) is 10.6. The Labute approximate surface area is 213 Å². The van der Waals surface area contributed by atoms with E-state index >= 15 is 0 Å². The number of imidazole rings is 1. The lowest BCUT2D eigenvalue weighted by atomic mass is 10.1. The Kier molecular flexibility index (Phi) is 10.4. The van der Waals surface area contributed by atoms with Crippen LogP contribution in [0.25, 0.3) is 11.3 Å². The zero-order chi connectivity index (χ0) is 25.8. The van der Waals surface area contributed by atoms with Crippen LogP contribution in [0, 0.1) is 6.92 Å². The van der Waals surface area contributed by atoms with Crippen LogP contribution in [0.3, 0.4) is 0 Å². The van der Waals surface area contributed by atoms with Crippen molar-refractivity contribution in [2.24, 2.45) is 0 Å². The molecule has 0 saturated carbocycles. The summed E-state index contributed by atoms with van der Waals surface area (Å²) in [6.07, 6.45) is 3.78. The van der Waals surface area contributed by atoms with Gasteiger partial charge >= 0.3 is 12.0 Å². The lowest BCUT2D eigenvalue weighted by Gasteiger charge is -2.14. The number of hydrogen-bond acceptors (Lipinski definition) is 5. The highest BCUT2D eigenvalue weighted by Gasteiger charge is 2.23. The molecule has 3 rings (SSSR count). The van der Waals surface area contributed by atoms with Gasteiger partial charge in [-0.05, 0) is 38.8 Å². The molecule has 192 valence electrons. The summed E-state index contributed by atoms with van der Waals surface area (Å²) in [5, 5.41) is 5.73. The first-order valence-electron chi connectivity index (χ1n) is 12.6. The number of urea groups is 1. The standard InChI is InChI=1S/C28H36N4O4/c1-4-6-12-18-29-28(34)31-23-16-10-11-17-24(23)36-20-13-19-32-21(3)30-25(22-14-8-7-9-15-22)26(32)27(33)35-5-2/h7-11,14-17H,4-6,12-13,18-20H2,1-3H3,(H2,29,31,34). The van der Waals surface area contributed by atoms with Crippen molar-refractivity contribution in [3.05, 3.63) is 66.1 Å². The number of anilines is 1. The Morgan fingerprint density at radius 2 is 1.72 bits per heavy atom. The van der Waals surface area contributed by atoms with Crippen LogP contribution < -0.4 is 15.4 Å². The molecule has 2 N–H and O–H groups in total. The van der Waals surface area contributed by atoms with Crippen LogP contribution in [-0.2, 0) is 11.3 Å². The Morgan fingerprint density at radius 1 is 0.972 bits per heavy atom. The smallest absolute Gasteiger partial charge is 0.357 e. The number of aryl methyl sites for hydroxylation is 1. The number of unbranched alkanes of at least 4 members (excludes halogenated alkanes) is 2.